The molecule has 2 aromatic heterocycles. The number of benzene rings is 1. The summed E-state index contributed by atoms with van der Waals surface area (Å²) in [6.45, 7) is 4.21. The van der Waals surface area contributed by atoms with Gasteiger partial charge < -0.3 is 0 Å². The van der Waals surface area contributed by atoms with Gasteiger partial charge in [-0.3, -0.25) is 4.57 Å². The van der Waals surface area contributed by atoms with Gasteiger partial charge in [-0.05, 0) is 37.6 Å². The second-order valence-electron chi connectivity index (χ2n) is 4.94. The molecule has 0 fully saturated rings. The first-order chi connectivity index (χ1) is 9.70. The first-order valence-corrected chi connectivity index (χ1v) is 7.20. The van der Waals surface area contributed by atoms with Crippen molar-refractivity contribution in [3.05, 3.63) is 53.5 Å². The molecule has 0 aliphatic rings. The maximum atomic E-state index is 5.91. The normalized spacial score (nSPS) is 11.2. The molecule has 0 radical (unpaired) electrons. The minimum Gasteiger partial charge on any atom is -0.280 e. The quantitative estimate of drug-likeness (QED) is 0.685. The number of fused-ring (bicyclic) bond motifs is 1. The number of alkyl halides is 1. The van der Waals surface area contributed by atoms with E-state index in [-0.39, 0.29) is 0 Å². The molecule has 0 spiro atoms. The molecule has 0 saturated carbocycles. The van der Waals surface area contributed by atoms with Crippen LogP contribution in [0.3, 0.4) is 0 Å². The van der Waals surface area contributed by atoms with Gasteiger partial charge in [-0.15, -0.1) is 11.6 Å². The van der Waals surface area contributed by atoms with Gasteiger partial charge in [-0.1, -0.05) is 17.7 Å². The minimum absolute atomic E-state index is 0.550. The van der Waals surface area contributed by atoms with Gasteiger partial charge in [-0.25, -0.2) is 9.97 Å². The molecular weight excluding hydrogens is 270 g/mol. The van der Waals surface area contributed by atoms with Crippen LogP contribution in [0.5, 0.6) is 0 Å². The third-order valence-electron chi connectivity index (χ3n) is 3.40. The SMILES string of the molecule is Cc1ccc(-n2c(CCCl)nc3cccnc32)c(C)c1. The fraction of sp³-hybridized carbons (Fsp3) is 0.250. The zero-order chi connectivity index (χ0) is 14.1. The topological polar surface area (TPSA) is 30.7 Å². The molecule has 102 valence electrons. The fourth-order valence-electron chi connectivity index (χ4n) is 2.52. The lowest BCUT2D eigenvalue weighted by molar-refractivity contribution is 0.899. The third-order valence-corrected chi connectivity index (χ3v) is 3.59. The van der Waals surface area contributed by atoms with Crippen molar-refractivity contribution in [3.8, 4) is 5.69 Å². The van der Waals surface area contributed by atoms with Gasteiger partial charge in [0.25, 0.3) is 0 Å². The van der Waals surface area contributed by atoms with E-state index in [0.717, 1.165) is 29.1 Å². The van der Waals surface area contributed by atoms with E-state index in [9.17, 15) is 0 Å². The van der Waals surface area contributed by atoms with Gasteiger partial charge in [0.05, 0.1) is 5.69 Å². The van der Waals surface area contributed by atoms with Crippen molar-refractivity contribution < 1.29 is 0 Å². The molecule has 0 saturated heterocycles. The Balaban J connectivity index is 2.30. The van der Waals surface area contributed by atoms with E-state index in [2.05, 4.69) is 46.6 Å². The molecule has 2 heterocycles. The van der Waals surface area contributed by atoms with Crippen LogP contribution in [0.15, 0.2) is 36.5 Å². The highest BCUT2D eigenvalue weighted by Gasteiger charge is 2.14. The molecule has 0 aliphatic carbocycles. The summed E-state index contributed by atoms with van der Waals surface area (Å²) in [5.74, 6) is 1.51. The van der Waals surface area contributed by atoms with E-state index in [4.69, 9.17) is 11.6 Å². The summed E-state index contributed by atoms with van der Waals surface area (Å²) >= 11 is 5.91. The number of imidazole rings is 1. The zero-order valence-corrected chi connectivity index (χ0v) is 12.4. The first-order valence-electron chi connectivity index (χ1n) is 6.66. The van der Waals surface area contributed by atoms with Crippen molar-refractivity contribution >= 4 is 22.8 Å². The van der Waals surface area contributed by atoms with E-state index in [1.807, 2.05) is 12.1 Å². The summed E-state index contributed by atoms with van der Waals surface area (Å²) in [6.07, 6.45) is 2.53. The molecule has 0 N–H and O–H groups in total. The smallest absolute Gasteiger partial charge is 0.164 e. The minimum atomic E-state index is 0.550. The molecule has 0 aliphatic heterocycles. The molecule has 0 bridgehead atoms. The summed E-state index contributed by atoms with van der Waals surface area (Å²) in [6, 6.07) is 10.3. The van der Waals surface area contributed by atoms with Gasteiger partial charge >= 0.3 is 0 Å². The van der Waals surface area contributed by atoms with Crippen LogP contribution in [0.2, 0.25) is 0 Å². The fourth-order valence-corrected chi connectivity index (χ4v) is 2.69. The van der Waals surface area contributed by atoms with Crippen LogP contribution in [0, 0.1) is 13.8 Å². The third kappa shape index (κ3) is 2.18. The van der Waals surface area contributed by atoms with Crippen molar-refractivity contribution in [1.29, 1.82) is 0 Å². The second kappa shape index (κ2) is 5.25. The van der Waals surface area contributed by atoms with E-state index in [1.165, 1.54) is 11.1 Å². The van der Waals surface area contributed by atoms with Crippen LogP contribution in [0.4, 0.5) is 0 Å². The lowest BCUT2D eigenvalue weighted by Gasteiger charge is -2.11. The predicted octanol–water partition coefficient (Wildman–Crippen LogP) is 3.82. The molecule has 0 amide bonds. The van der Waals surface area contributed by atoms with Crippen LogP contribution in [0.25, 0.3) is 16.9 Å². The summed E-state index contributed by atoms with van der Waals surface area (Å²) in [4.78, 5) is 9.14. The molecule has 3 nitrogen and oxygen atoms in total. The predicted molar refractivity (Wildman–Crippen MR) is 82.8 cm³/mol. The molecular formula is C16H16ClN3. The molecule has 3 rings (SSSR count). The Kier molecular flexibility index (Phi) is 3.45. The Bertz CT molecular complexity index is 762. The number of aryl methyl sites for hydroxylation is 3. The van der Waals surface area contributed by atoms with Crippen molar-refractivity contribution in [2.75, 3.05) is 5.88 Å². The lowest BCUT2D eigenvalue weighted by Crippen LogP contribution is -2.04. The van der Waals surface area contributed by atoms with Gasteiger partial charge in [0, 0.05) is 18.5 Å². The second-order valence-corrected chi connectivity index (χ2v) is 5.32. The van der Waals surface area contributed by atoms with Crippen LogP contribution in [-0.2, 0) is 6.42 Å². The highest BCUT2D eigenvalue weighted by molar-refractivity contribution is 6.17. The number of hydrogen-bond donors (Lipinski definition) is 0. The van der Waals surface area contributed by atoms with Crippen molar-refractivity contribution in [2.24, 2.45) is 0 Å². The number of pyridine rings is 1. The Labute approximate surface area is 123 Å². The van der Waals surface area contributed by atoms with Crippen LogP contribution < -0.4 is 0 Å². The largest absolute Gasteiger partial charge is 0.280 e. The van der Waals surface area contributed by atoms with Crippen molar-refractivity contribution in [2.45, 2.75) is 20.3 Å². The number of rotatable bonds is 3. The monoisotopic (exact) mass is 285 g/mol. The average molecular weight is 286 g/mol. The van der Waals surface area contributed by atoms with Crippen LogP contribution in [-0.4, -0.2) is 20.4 Å². The van der Waals surface area contributed by atoms with Crippen LogP contribution >= 0.6 is 11.6 Å². The number of halogens is 1. The molecule has 1 aromatic carbocycles. The Morgan fingerprint density at radius 3 is 2.80 bits per heavy atom. The summed E-state index contributed by atoms with van der Waals surface area (Å²) in [5, 5.41) is 0. The number of nitrogens with zero attached hydrogens (tertiary/aromatic N) is 3. The van der Waals surface area contributed by atoms with E-state index in [1.54, 1.807) is 6.20 Å². The molecule has 3 aromatic rings. The molecule has 0 unspecified atom stereocenters. The van der Waals surface area contributed by atoms with Gasteiger partial charge in [0.15, 0.2) is 5.65 Å². The average Bonchev–Trinajstić information content (AvgIpc) is 2.78. The standard InChI is InChI=1S/C16H16ClN3/c1-11-5-6-14(12(2)10-11)20-15(7-8-17)19-13-4-3-9-18-16(13)20/h3-6,9-10H,7-8H2,1-2H3. The number of aromatic nitrogens is 3. The van der Waals surface area contributed by atoms with E-state index in [0.29, 0.717) is 5.88 Å². The highest BCUT2D eigenvalue weighted by Crippen LogP contribution is 2.23. The highest BCUT2D eigenvalue weighted by atomic mass is 35.5. The van der Waals surface area contributed by atoms with Gasteiger partial charge in [0.2, 0.25) is 0 Å². The van der Waals surface area contributed by atoms with Crippen molar-refractivity contribution in [1.82, 2.24) is 14.5 Å². The van der Waals surface area contributed by atoms with Crippen molar-refractivity contribution in [3.63, 3.8) is 0 Å². The number of hydrogen-bond acceptors (Lipinski definition) is 2. The maximum Gasteiger partial charge on any atom is 0.164 e. The van der Waals surface area contributed by atoms with E-state index < -0.39 is 0 Å². The summed E-state index contributed by atoms with van der Waals surface area (Å²) < 4.78 is 2.12. The van der Waals surface area contributed by atoms with Gasteiger partial charge in [0.1, 0.15) is 11.3 Å². The molecule has 0 atom stereocenters. The van der Waals surface area contributed by atoms with E-state index >= 15 is 0 Å². The first kappa shape index (κ1) is 13.1. The zero-order valence-electron chi connectivity index (χ0n) is 11.6. The van der Waals surface area contributed by atoms with Crippen LogP contribution in [0.1, 0.15) is 17.0 Å². The maximum absolute atomic E-state index is 5.91. The Hall–Kier alpha value is -1.87. The molecule has 4 heteroatoms. The molecule has 20 heavy (non-hydrogen) atoms. The van der Waals surface area contributed by atoms with Gasteiger partial charge in [-0.2, -0.15) is 0 Å². The summed E-state index contributed by atoms with van der Waals surface area (Å²) in [5.41, 5.74) is 5.39. The Morgan fingerprint density at radius 2 is 2.05 bits per heavy atom. The lowest BCUT2D eigenvalue weighted by atomic mass is 10.1. The summed E-state index contributed by atoms with van der Waals surface area (Å²) in [7, 11) is 0. The Morgan fingerprint density at radius 1 is 1.20 bits per heavy atom.